The van der Waals surface area contributed by atoms with E-state index >= 15 is 0 Å². The number of hydrogen-bond acceptors (Lipinski definition) is 2. The fraction of sp³-hybridized carbons (Fsp3) is 0. The molecule has 234 valence electrons. The summed E-state index contributed by atoms with van der Waals surface area (Å²) in [7, 11) is 0. The number of furan rings is 1. The Kier molecular flexibility index (Phi) is 6.75. The van der Waals surface area contributed by atoms with E-state index in [2.05, 4.69) is 182 Å². The topological polar surface area (TPSA) is 13.1 Å². The first-order chi connectivity index (χ1) is 24.8. The van der Waals surface area contributed by atoms with Gasteiger partial charge in [-0.05, 0) is 105 Å². The number of thiophene rings is 1. The van der Waals surface area contributed by atoms with E-state index in [4.69, 9.17) is 4.42 Å². The molecule has 0 bridgehead atoms. The van der Waals surface area contributed by atoms with Crippen molar-refractivity contribution >= 4 is 53.4 Å². The molecule has 0 saturated carbocycles. The van der Waals surface area contributed by atoms with Crippen LogP contribution in [0.15, 0.2) is 186 Å². The Labute approximate surface area is 294 Å². The minimum Gasteiger partial charge on any atom is -0.455 e. The molecule has 0 aliphatic rings. The molecule has 0 unspecified atom stereocenters. The van der Waals surface area contributed by atoms with E-state index in [1.54, 1.807) is 0 Å². The molecule has 0 aliphatic heterocycles. The lowest BCUT2D eigenvalue weighted by atomic mass is 9.89. The second-order valence-electron chi connectivity index (χ2n) is 12.9. The summed E-state index contributed by atoms with van der Waals surface area (Å²) in [6.45, 7) is 0. The van der Waals surface area contributed by atoms with Gasteiger partial charge in [0.25, 0.3) is 0 Å². The number of rotatable bonds is 5. The van der Waals surface area contributed by atoms with Crippen molar-refractivity contribution in [2.24, 2.45) is 0 Å². The van der Waals surface area contributed by atoms with Gasteiger partial charge in [-0.3, -0.25) is 0 Å². The molecule has 2 heterocycles. The lowest BCUT2D eigenvalue weighted by molar-refractivity contribution is 0.670. The molecule has 0 spiro atoms. The average Bonchev–Trinajstić information content (AvgIpc) is 3.77. The quantitative estimate of drug-likeness (QED) is 0.180. The van der Waals surface area contributed by atoms with Gasteiger partial charge in [-0.15, -0.1) is 11.3 Å². The highest BCUT2D eigenvalue weighted by Gasteiger charge is 2.19. The summed E-state index contributed by atoms with van der Waals surface area (Å²) >= 11 is 1.86. The number of fused-ring (bicyclic) bond motifs is 6. The lowest BCUT2D eigenvalue weighted by Crippen LogP contribution is -1.89. The van der Waals surface area contributed by atoms with Gasteiger partial charge in [-0.2, -0.15) is 0 Å². The van der Waals surface area contributed by atoms with Crippen LogP contribution in [0.4, 0.5) is 0 Å². The van der Waals surface area contributed by atoms with Gasteiger partial charge < -0.3 is 4.42 Å². The van der Waals surface area contributed by atoms with Crippen molar-refractivity contribution in [1.29, 1.82) is 0 Å². The highest BCUT2D eigenvalue weighted by Crippen LogP contribution is 2.45. The van der Waals surface area contributed by atoms with Gasteiger partial charge in [0.1, 0.15) is 11.2 Å². The van der Waals surface area contributed by atoms with Crippen LogP contribution in [0.5, 0.6) is 0 Å². The highest BCUT2D eigenvalue weighted by molar-refractivity contribution is 7.25. The van der Waals surface area contributed by atoms with Crippen LogP contribution in [0.1, 0.15) is 0 Å². The van der Waals surface area contributed by atoms with Gasteiger partial charge >= 0.3 is 0 Å². The molecule has 8 aromatic carbocycles. The van der Waals surface area contributed by atoms with Crippen LogP contribution in [0, 0.1) is 0 Å². The van der Waals surface area contributed by atoms with Gasteiger partial charge in [-0.1, -0.05) is 127 Å². The predicted octanol–water partition coefficient (Wildman–Crippen LogP) is 14.3. The van der Waals surface area contributed by atoms with E-state index in [1.165, 1.54) is 64.7 Å². The standard InChI is InChI=1S/C48H30OS/c1-3-13-31(14-4-1)33-17-11-18-34(25-33)36-26-35(32-15-5-2-6-16-32)27-37(28-36)42-29-38(30-43-40-19-7-9-22-44(40)49-48(42)43)39-21-12-24-46-47(39)41-20-8-10-23-45(41)50-46/h1-30H. The number of para-hydroxylation sites is 1. The second-order valence-corrected chi connectivity index (χ2v) is 14.0. The fourth-order valence-corrected chi connectivity index (χ4v) is 8.60. The second kappa shape index (κ2) is 11.7. The monoisotopic (exact) mass is 654 g/mol. The van der Waals surface area contributed by atoms with Crippen LogP contribution in [-0.2, 0) is 0 Å². The van der Waals surface area contributed by atoms with E-state index in [0.29, 0.717) is 0 Å². The van der Waals surface area contributed by atoms with Crippen LogP contribution in [0.3, 0.4) is 0 Å². The zero-order chi connectivity index (χ0) is 33.0. The van der Waals surface area contributed by atoms with Gasteiger partial charge in [0.15, 0.2) is 0 Å². The fourth-order valence-electron chi connectivity index (χ4n) is 7.47. The molecule has 2 aromatic heterocycles. The normalized spacial score (nSPS) is 11.6. The van der Waals surface area contributed by atoms with Gasteiger partial charge in [0.2, 0.25) is 0 Å². The molecule has 10 aromatic rings. The molecular weight excluding hydrogens is 625 g/mol. The Morgan fingerprint density at radius 3 is 1.66 bits per heavy atom. The molecule has 2 heteroatoms. The van der Waals surface area contributed by atoms with E-state index in [9.17, 15) is 0 Å². The van der Waals surface area contributed by atoms with E-state index < -0.39 is 0 Å². The van der Waals surface area contributed by atoms with E-state index in [0.717, 1.165) is 33.1 Å². The maximum Gasteiger partial charge on any atom is 0.143 e. The predicted molar refractivity (Wildman–Crippen MR) is 214 cm³/mol. The molecule has 0 fully saturated rings. The van der Waals surface area contributed by atoms with Gasteiger partial charge in [-0.25, -0.2) is 0 Å². The lowest BCUT2D eigenvalue weighted by Gasteiger charge is -2.14. The first-order valence-corrected chi connectivity index (χ1v) is 17.8. The minimum absolute atomic E-state index is 0.898. The third kappa shape index (κ3) is 4.84. The summed E-state index contributed by atoms with van der Waals surface area (Å²) < 4.78 is 9.35. The van der Waals surface area contributed by atoms with Crippen LogP contribution in [0.25, 0.3) is 97.7 Å². The van der Waals surface area contributed by atoms with E-state index in [1.807, 2.05) is 11.3 Å². The summed E-state index contributed by atoms with van der Waals surface area (Å²) in [5.41, 5.74) is 13.6. The molecule has 50 heavy (non-hydrogen) atoms. The number of hydrogen-bond donors (Lipinski definition) is 0. The molecule has 0 atom stereocenters. The van der Waals surface area contributed by atoms with Crippen molar-refractivity contribution in [3.05, 3.63) is 182 Å². The molecule has 0 saturated heterocycles. The molecule has 0 radical (unpaired) electrons. The molecular formula is C48H30OS. The van der Waals surface area contributed by atoms with Crippen LogP contribution in [0.2, 0.25) is 0 Å². The smallest absolute Gasteiger partial charge is 0.143 e. The van der Waals surface area contributed by atoms with Crippen molar-refractivity contribution in [1.82, 2.24) is 0 Å². The summed E-state index contributed by atoms with van der Waals surface area (Å²) in [5.74, 6) is 0. The zero-order valence-electron chi connectivity index (χ0n) is 27.1. The molecule has 1 nitrogen and oxygen atoms in total. The van der Waals surface area contributed by atoms with Crippen LogP contribution < -0.4 is 0 Å². The molecule has 0 amide bonds. The summed E-state index contributed by atoms with van der Waals surface area (Å²) in [6, 6.07) is 65.7. The van der Waals surface area contributed by atoms with Crippen molar-refractivity contribution in [2.75, 3.05) is 0 Å². The Morgan fingerprint density at radius 1 is 0.320 bits per heavy atom. The van der Waals surface area contributed by atoms with Crippen molar-refractivity contribution in [3.63, 3.8) is 0 Å². The zero-order valence-corrected chi connectivity index (χ0v) is 28.0. The highest BCUT2D eigenvalue weighted by atomic mass is 32.1. The SMILES string of the molecule is c1ccc(-c2cccc(-c3cc(-c4ccccc4)cc(-c4cc(-c5cccc6sc7ccccc7c56)cc5c4oc4ccccc45)c3)c2)cc1. The Hall–Kier alpha value is -6.22. The maximum absolute atomic E-state index is 6.74. The summed E-state index contributed by atoms with van der Waals surface area (Å²) in [4.78, 5) is 0. The molecule has 0 aliphatic carbocycles. The minimum atomic E-state index is 0.898. The maximum atomic E-state index is 6.74. The van der Waals surface area contributed by atoms with Crippen LogP contribution >= 0.6 is 11.3 Å². The van der Waals surface area contributed by atoms with E-state index in [-0.39, 0.29) is 0 Å². The Bertz CT molecular complexity index is 2860. The van der Waals surface area contributed by atoms with Gasteiger partial charge in [0, 0.05) is 36.5 Å². The van der Waals surface area contributed by atoms with Crippen molar-refractivity contribution in [2.45, 2.75) is 0 Å². The largest absolute Gasteiger partial charge is 0.455 e. The van der Waals surface area contributed by atoms with Crippen LogP contribution in [-0.4, -0.2) is 0 Å². The van der Waals surface area contributed by atoms with Crippen molar-refractivity contribution in [3.8, 4) is 55.6 Å². The first kappa shape index (κ1) is 28.8. The van der Waals surface area contributed by atoms with Gasteiger partial charge in [0.05, 0.1) is 0 Å². The summed E-state index contributed by atoms with van der Waals surface area (Å²) in [5, 5.41) is 4.86. The third-order valence-corrected chi connectivity index (χ3v) is 11.0. The Balaban J connectivity index is 1.26. The average molecular weight is 655 g/mol. The summed E-state index contributed by atoms with van der Waals surface area (Å²) in [6.07, 6.45) is 0. The Morgan fingerprint density at radius 2 is 0.860 bits per heavy atom. The van der Waals surface area contributed by atoms with Crippen molar-refractivity contribution < 1.29 is 4.42 Å². The third-order valence-electron chi connectivity index (χ3n) is 9.85. The molecule has 10 rings (SSSR count). The first-order valence-electron chi connectivity index (χ1n) is 17.0. The molecule has 0 N–H and O–H groups in total. The number of benzene rings is 8.